The molecule has 5 nitrogen and oxygen atoms in total. The van der Waals surface area contributed by atoms with E-state index in [0.717, 1.165) is 39.5 Å². The minimum Gasteiger partial charge on any atom is -0.497 e. The van der Waals surface area contributed by atoms with Crippen LogP contribution < -0.4 is 4.74 Å². The van der Waals surface area contributed by atoms with Crippen molar-refractivity contribution in [2.24, 2.45) is 4.99 Å². The highest BCUT2D eigenvalue weighted by Gasteiger charge is 2.28. The van der Waals surface area contributed by atoms with Crippen LogP contribution in [0.2, 0.25) is 0 Å². The number of fused-ring (bicyclic) bond motifs is 3. The van der Waals surface area contributed by atoms with Crippen molar-refractivity contribution in [3.63, 3.8) is 0 Å². The van der Waals surface area contributed by atoms with Gasteiger partial charge in [-0.15, -0.1) is 0 Å². The summed E-state index contributed by atoms with van der Waals surface area (Å²) in [6.07, 6.45) is 0. The van der Waals surface area contributed by atoms with Crippen LogP contribution in [0, 0.1) is 6.92 Å². The second-order valence-corrected chi connectivity index (χ2v) is 6.44. The van der Waals surface area contributed by atoms with Gasteiger partial charge in [-0.2, -0.15) is 0 Å². The average molecular weight is 372 g/mol. The Labute approximate surface area is 163 Å². The molecule has 1 aromatic heterocycles. The molecule has 0 fully saturated rings. The molecule has 0 saturated heterocycles. The highest BCUT2D eigenvalue weighted by molar-refractivity contribution is 6.25. The number of nitrogens with zero attached hydrogens (tertiary/aromatic N) is 2. The molecule has 140 valence electrons. The number of pyridine rings is 1. The lowest BCUT2D eigenvalue weighted by Crippen LogP contribution is -2.10. The Morgan fingerprint density at radius 3 is 2.43 bits per heavy atom. The van der Waals surface area contributed by atoms with Crippen molar-refractivity contribution in [2.45, 2.75) is 13.8 Å². The van der Waals surface area contributed by atoms with E-state index in [4.69, 9.17) is 19.5 Å². The van der Waals surface area contributed by atoms with E-state index in [1.165, 1.54) is 0 Å². The largest absolute Gasteiger partial charge is 0.497 e. The minimum atomic E-state index is -0.366. The summed E-state index contributed by atoms with van der Waals surface area (Å²) >= 11 is 0. The Bertz CT molecular complexity index is 1090. The zero-order chi connectivity index (χ0) is 19.7. The molecule has 0 aliphatic heterocycles. The first-order chi connectivity index (χ1) is 13.6. The molecule has 1 heterocycles. The molecule has 1 aliphatic rings. The zero-order valence-electron chi connectivity index (χ0n) is 16.0. The fourth-order valence-corrected chi connectivity index (χ4v) is 3.35. The van der Waals surface area contributed by atoms with Gasteiger partial charge in [0.25, 0.3) is 0 Å². The van der Waals surface area contributed by atoms with Gasteiger partial charge in [0.05, 0.1) is 42.1 Å². The summed E-state index contributed by atoms with van der Waals surface area (Å²) in [7, 11) is 1.63. The highest BCUT2D eigenvalue weighted by atomic mass is 16.5. The Hall–Kier alpha value is -3.47. The quantitative estimate of drug-likeness (QED) is 0.486. The molecule has 0 N–H and O–H groups in total. The molecule has 28 heavy (non-hydrogen) atoms. The van der Waals surface area contributed by atoms with Crippen LogP contribution in [0.15, 0.2) is 59.6 Å². The van der Waals surface area contributed by atoms with Crippen molar-refractivity contribution in [2.75, 3.05) is 13.7 Å². The van der Waals surface area contributed by atoms with Crippen LogP contribution in [0.1, 0.15) is 34.1 Å². The molecule has 0 radical (unpaired) electrons. The number of methoxy groups -OCH3 is 1. The van der Waals surface area contributed by atoms with Crippen molar-refractivity contribution >= 4 is 17.4 Å². The number of aliphatic imine (C=N–C) groups is 1. The summed E-state index contributed by atoms with van der Waals surface area (Å²) in [6.45, 7) is 3.94. The molecule has 0 saturated carbocycles. The second-order valence-electron chi connectivity index (χ2n) is 6.44. The lowest BCUT2D eigenvalue weighted by Gasteiger charge is -2.08. The Balaban J connectivity index is 1.89. The van der Waals surface area contributed by atoms with Crippen molar-refractivity contribution in [1.29, 1.82) is 0 Å². The molecule has 1 aliphatic carbocycles. The molecule has 5 heteroatoms. The summed E-state index contributed by atoms with van der Waals surface area (Å²) in [6, 6.07) is 17.4. The first kappa shape index (κ1) is 17.9. The summed E-state index contributed by atoms with van der Waals surface area (Å²) < 4.78 is 10.4. The van der Waals surface area contributed by atoms with Crippen LogP contribution >= 0.6 is 0 Å². The third-order valence-corrected chi connectivity index (χ3v) is 4.71. The molecular formula is C23H20N2O3. The number of esters is 1. The molecule has 0 atom stereocenters. The lowest BCUT2D eigenvalue weighted by molar-refractivity contribution is 0.0525. The van der Waals surface area contributed by atoms with Crippen LogP contribution in [0.4, 0.5) is 5.69 Å². The van der Waals surface area contributed by atoms with Crippen molar-refractivity contribution < 1.29 is 14.3 Å². The number of aromatic nitrogens is 1. The van der Waals surface area contributed by atoms with E-state index in [9.17, 15) is 4.79 Å². The number of ether oxygens (including phenoxy) is 2. The predicted molar refractivity (Wildman–Crippen MR) is 109 cm³/mol. The summed E-state index contributed by atoms with van der Waals surface area (Å²) in [4.78, 5) is 21.9. The Morgan fingerprint density at radius 1 is 1.04 bits per heavy atom. The number of carbonyl (C=O) groups is 1. The lowest BCUT2D eigenvalue weighted by atomic mass is 10.1. The van der Waals surface area contributed by atoms with Crippen LogP contribution in [0.3, 0.4) is 0 Å². The van der Waals surface area contributed by atoms with Gasteiger partial charge < -0.3 is 9.47 Å². The molecular weight excluding hydrogens is 352 g/mol. The first-order valence-electron chi connectivity index (χ1n) is 9.14. The fourth-order valence-electron chi connectivity index (χ4n) is 3.35. The fraction of sp³-hybridized carbons (Fsp3) is 0.174. The maximum absolute atomic E-state index is 12.4. The van der Waals surface area contributed by atoms with Crippen molar-refractivity contribution in [3.05, 3.63) is 77.0 Å². The van der Waals surface area contributed by atoms with Gasteiger partial charge in [0.15, 0.2) is 0 Å². The third-order valence-electron chi connectivity index (χ3n) is 4.71. The van der Waals surface area contributed by atoms with Gasteiger partial charge in [-0.1, -0.05) is 24.3 Å². The van der Waals surface area contributed by atoms with Gasteiger partial charge in [-0.05, 0) is 44.2 Å². The van der Waals surface area contributed by atoms with Crippen molar-refractivity contribution in [1.82, 2.24) is 4.98 Å². The standard InChI is InChI=1S/C23H20N2O3/c1-4-28-23(26)19-13-20-21(24-14(19)2)17-7-5-6-8-18(17)22(20)25-15-9-11-16(27-3)12-10-15/h5-13H,4H2,1-3H3. The van der Waals surface area contributed by atoms with Gasteiger partial charge >= 0.3 is 5.97 Å². The number of aryl methyl sites for hydroxylation is 1. The molecule has 3 aromatic rings. The Kier molecular flexibility index (Phi) is 4.65. The molecule has 0 unspecified atom stereocenters. The van der Waals surface area contributed by atoms with E-state index in [1.807, 2.05) is 61.5 Å². The van der Waals surface area contributed by atoms with Crippen LogP contribution in [-0.2, 0) is 4.74 Å². The van der Waals surface area contributed by atoms with Crippen LogP contribution in [0.5, 0.6) is 5.75 Å². The van der Waals surface area contributed by atoms with E-state index in [-0.39, 0.29) is 5.97 Å². The topological polar surface area (TPSA) is 60.8 Å². The monoisotopic (exact) mass is 372 g/mol. The van der Waals surface area contributed by atoms with Gasteiger partial charge in [-0.25, -0.2) is 9.79 Å². The van der Waals surface area contributed by atoms with Crippen LogP contribution in [-0.4, -0.2) is 30.4 Å². The highest BCUT2D eigenvalue weighted by Crippen LogP contribution is 2.38. The second kappa shape index (κ2) is 7.27. The average Bonchev–Trinajstić information content (AvgIpc) is 3.01. The molecule has 2 aromatic carbocycles. The van der Waals surface area contributed by atoms with E-state index < -0.39 is 0 Å². The van der Waals surface area contributed by atoms with E-state index in [2.05, 4.69) is 0 Å². The Morgan fingerprint density at radius 2 is 1.75 bits per heavy atom. The predicted octanol–water partition coefficient (Wildman–Crippen LogP) is 4.72. The normalized spacial score (nSPS) is 13.2. The molecule has 4 rings (SSSR count). The zero-order valence-corrected chi connectivity index (χ0v) is 16.0. The van der Waals surface area contributed by atoms with E-state index in [1.54, 1.807) is 14.0 Å². The SMILES string of the molecule is CCOC(=O)c1cc2c(nc1C)-c1ccccc1C2=Nc1ccc(OC)cc1. The number of hydrogen-bond donors (Lipinski definition) is 0. The van der Waals surface area contributed by atoms with Crippen molar-refractivity contribution in [3.8, 4) is 17.0 Å². The van der Waals surface area contributed by atoms with Gasteiger partial charge in [0, 0.05) is 16.7 Å². The maximum atomic E-state index is 12.4. The number of benzene rings is 2. The third kappa shape index (κ3) is 3.05. The maximum Gasteiger partial charge on any atom is 0.339 e. The van der Waals surface area contributed by atoms with E-state index in [0.29, 0.717) is 17.9 Å². The number of hydrogen-bond acceptors (Lipinski definition) is 5. The summed E-state index contributed by atoms with van der Waals surface area (Å²) in [5.74, 6) is 0.410. The first-order valence-corrected chi connectivity index (χ1v) is 9.14. The van der Waals surface area contributed by atoms with Gasteiger partial charge in [-0.3, -0.25) is 4.98 Å². The van der Waals surface area contributed by atoms with Gasteiger partial charge in [0.2, 0.25) is 0 Å². The van der Waals surface area contributed by atoms with Crippen LogP contribution in [0.25, 0.3) is 11.3 Å². The molecule has 0 spiro atoms. The minimum absolute atomic E-state index is 0.322. The number of rotatable bonds is 4. The molecule has 0 bridgehead atoms. The van der Waals surface area contributed by atoms with Gasteiger partial charge in [0.1, 0.15) is 5.75 Å². The van der Waals surface area contributed by atoms with E-state index >= 15 is 0 Å². The summed E-state index contributed by atoms with van der Waals surface area (Å²) in [5, 5.41) is 0. The molecule has 0 amide bonds. The smallest absolute Gasteiger partial charge is 0.339 e. The summed E-state index contributed by atoms with van der Waals surface area (Å²) in [5.41, 5.74) is 6.42. The number of carbonyl (C=O) groups excluding carboxylic acids is 1.